The van der Waals surface area contributed by atoms with Crippen LogP contribution < -0.4 is 5.32 Å². The Morgan fingerprint density at radius 3 is 3.00 bits per heavy atom. The minimum Gasteiger partial charge on any atom is -0.323 e. The molecule has 3 aliphatic heterocycles. The Kier molecular flexibility index (Phi) is 3.09. The number of fused-ring (bicyclic) bond motifs is 1. The van der Waals surface area contributed by atoms with Gasteiger partial charge in [-0.25, -0.2) is 0 Å². The molecule has 1 amide bonds. The molecule has 0 bridgehead atoms. The first-order chi connectivity index (χ1) is 8.29. The summed E-state index contributed by atoms with van der Waals surface area (Å²) < 4.78 is 0. The smallest absolute Gasteiger partial charge is 0.238 e. The second-order valence-corrected chi connectivity index (χ2v) is 5.62. The van der Waals surface area contributed by atoms with Crippen molar-refractivity contribution in [2.75, 3.05) is 19.6 Å². The lowest BCUT2D eigenvalue weighted by Crippen LogP contribution is -2.51. The van der Waals surface area contributed by atoms with Gasteiger partial charge in [0.2, 0.25) is 5.91 Å². The second kappa shape index (κ2) is 4.58. The van der Waals surface area contributed by atoms with Crippen LogP contribution in [-0.4, -0.2) is 53.6 Å². The van der Waals surface area contributed by atoms with Crippen LogP contribution >= 0.6 is 0 Å². The summed E-state index contributed by atoms with van der Waals surface area (Å²) in [7, 11) is 0. The molecule has 0 radical (unpaired) electrons. The SMILES string of the molecule is CCC1NCC(=O)N1C1CCN2CCCC2C1. The predicted molar refractivity (Wildman–Crippen MR) is 66.5 cm³/mol. The first-order valence-electron chi connectivity index (χ1n) is 7.08. The molecule has 0 aromatic carbocycles. The monoisotopic (exact) mass is 237 g/mol. The van der Waals surface area contributed by atoms with Gasteiger partial charge in [0, 0.05) is 18.6 Å². The third kappa shape index (κ3) is 1.97. The fourth-order valence-corrected chi connectivity index (χ4v) is 3.82. The summed E-state index contributed by atoms with van der Waals surface area (Å²) in [6, 6.07) is 1.24. The third-order valence-electron chi connectivity index (χ3n) is 4.69. The van der Waals surface area contributed by atoms with Gasteiger partial charge >= 0.3 is 0 Å². The summed E-state index contributed by atoms with van der Waals surface area (Å²) in [6.45, 7) is 5.17. The van der Waals surface area contributed by atoms with Crippen LogP contribution in [0.5, 0.6) is 0 Å². The van der Waals surface area contributed by atoms with Crippen molar-refractivity contribution in [3.63, 3.8) is 0 Å². The molecule has 96 valence electrons. The topological polar surface area (TPSA) is 35.6 Å². The fourth-order valence-electron chi connectivity index (χ4n) is 3.82. The summed E-state index contributed by atoms with van der Waals surface area (Å²) in [5.74, 6) is 0.313. The molecular weight excluding hydrogens is 214 g/mol. The molecular formula is C13H23N3O. The van der Waals surface area contributed by atoms with Crippen molar-refractivity contribution in [2.24, 2.45) is 0 Å². The first-order valence-corrected chi connectivity index (χ1v) is 7.08. The van der Waals surface area contributed by atoms with E-state index >= 15 is 0 Å². The molecule has 0 aromatic heterocycles. The number of carbonyl (C=O) groups excluding carboxylic acids is 1. The predicted octanol–water partition coefficient (Wildman–Crippen LogP) is 0.781. The molecule has 3 heterocycles. The van der Waals surface area contributed by atoms with Crippen LogP contribution in [0, 0.1) is 0 Å². The average Bonchev–Trinajstić information content (AvgIpc) is 2.93. The Morgan fingerprint density at radius 2 is 2.18 bits per heavy atom. The number of hydrogen-bond donors (Lipinski definition) is 1. The molecule has 0 aromatic rings. The van der Waals surface area contributed by atoms with E-state index in [1.54, 1.807) is 0 Å². The van der Waals surface area contributed by atoms with Gasteiger partial charge in [-0.3, -0.25) is 10.1 Å². The summed E-state index contributed by atoms with van der Waals surface area (Å²) in [5.41, 5.74) is 0. The van der Waals surface area contributed by atoms with Crippen LogP contribution in [0.15, 0.2) is 0 Å². The Bertz CT molecular complexity index is 307. The zero-order valence-electron chi connectivity index (χ0n) is 10.7. The molecule has 0 spiro atoms. The molecule has 3 saturated heterocycles. The largest absolute Gasteiger partial charge is 0.323 e. The minimum atomic E-state index is 0.292. The zero-order valence-corrected chi connectivity index (χ0v) is 10.7. The van der Waals surface area contributed by atoms with Crippen molar-refractivity contribution in [1.29, 1.82) is 0 Å². The van der Waals surface area contributed by atoms with Crippen LogP contribution in [0.1, 0.15) is 39.0 Å². The van der Waals surface area contributed by atoms with Gasteiger partial charge in [0.1, 0.15) is 0 Å². The molecule has 0 aliphatic carbocycles. The average molecular weight is 237 g/mol. The van der Waals surface area contributed by atoms with E-state index < -0.39 is 0 Å². The summed E-state index contributed by atoms with van der Waals surface area (Å²) in [5, 5.41) is 3.33. The molecule has 3 aliphatic rings. The van der Waals surface area contributed by atoms with Crippen molar-refractivity contribution < 1.29 is 4.79 Å². The normalized spacial score (nSPS) is 38.8. The molecule has 4 nitrogen and oxygen atoms in total. The van der Waals surface area contributed by atoms with E-state index in [1.807, 2.05) is 0 Å². The molecule has 3 atom stereocenters. The van der Waals surface area contributed by atoms with E-state index in [4.69, 9.17) is 0 Å². The number of nitrogens with zero attached hydrogens (tertiary/aromatic N) is 2. The zero-order chi connectivity index (χ0) is 11.8. The molecule has 0 saturated carbocycles. The Hall–Kier alpha value is -0.610. The van der Waals surface area contributed by atoms with E-state index in [9.17, 15) is 4.79 Å². The molecule has 3 unspecified atom stereocenters. The highest BCUT2D eigenvalue weighted by Gasteiger charge is 2.40. The first kappa shape index (κ1) is 11.5. The maximum absolute atomic E-state index is 12.0. The molecule has 4 heteroatoms. The maximum atomic E-state index is 12.0. The quantitative estimate of drug-likeness (QED) is 0.771. The lowest BCUT2D eigenvalue weighted by Gasteiger charge is -2.41. The van der Waals surface area contributed by atoms with Crippen LogP contribution in [-0.2, 0) is 4.79 Å². The highest BCUT2D eigenvalue weighted by atomic mass is 16.2. The number of hydrogen-bond acceptors (Lipinski definition) is 3. The maximum Gasteiger partial charge on any atom is 0.238 e. The van der Waals surface area contributed by atoms with Crippen molar-refractivity contribution in [2.45, 2.75) is 57.3 Å². The van der Waals surface area contributed by atoms with Gasteiger partial charge in [-0.2, -0.15) is 0 Å². The number of rotatable bonds is 2. The van der Waals surface area contributed by atoms with Crippen molar-refractivity contribution >= 4 is 5.91 Å². The van der Waals surface area contributed by atoms with Gasteiger partial charge in [0.25, 0.3) is 0 Å². The Labute approximate surface area is 103 Å². The van der Waals surface area contributed by atoms with Crippen LogP contribution in [0.2, 0.25) is 0 Å². The van der Waals surface area contributed by atoms with Gasteiger partial charge < -0.3 is 9.80 Å². The molecule has 1 N–H and O–H groups in total. The van der Waals surface area contributed by atoms with Gasteiger partial charge in [-0.15, -0.1) is 0 Å². The van der Waals surface area contributed by atoms with Gasteiger partial charge in [0.05, 0.1) is 12.7 Å². The Balaban J connectivity index is 1.69. The summed E-state index contributed by atoms with van der Waals surface area (Å²) >= 11 is 0. The van der Waals surface area contributed by atoms with Crippen molar-refractivity contribution in [3.05, 3.63) is 0 Å². The third-order valence-corrected chi connectivity index (χ3v) is 4.69. The highest BCUT2D eigenvalue weighted by Crippen LogP contribution is 2.31. The summed E-state index contributed by atoms with van der Waals surface area (Å²) in [6.07, 6.45) is 6.37. The molecule has 17 heavy (non-hydrogen) atoms. The Morgan fingerprint density at radius 1 is 1.29 bits per heavy atom. The molecule has 3 rings (SSSR count). The summed E-state index contributed by atoms with van der Waals surface area (Å²) in [4.78, 5) is 16.7. The fraction of sp³-hybridized carbons (Fsp3) is 0.923. The number of carbonyl (C=O) groups is 1. The highest BCUT2D eigenvalue weighted by molar-refractivity contribution is 5.81. The lowest BCUT2D eigenvalue weighted by atomic mass is 9.96. The van der Waals surface area contributed by atoms with E-state index in [0.29, 0.717) is 24.7 Å². The minimum absolute atomic E-state index is 0.292. The van der Waals surface area contributed by atoms with Gasteiger partial charge in [0.15, 0.2) is 0 Å². The van der Waals surface area contributed by atoms with Crippen LogP contribution in [0.25, 0.3) is 0 Å². The molecule has 3 fully saturated rings. The number of piperidine rings is 1. The van der Waals surface area contributed by atoms with Crippen LogP contribution in [0.4, 0.5) is 0 Å². The number of nitrogens with one attached hydrogen (secondary N) is 1. The second-order valence-electron chi connectivity index (χ2n) is 5.62. The standard InChI is InChI=1S/C13H23N3O/c1-2-12-14-9-13(17)16(12)11-5-7-15-6-3-4-10(15)8-11/h10-12,14H,2-9H2,1H3. The van der Waals surface area contributed by atoms with Crippen LogP contribution in [0.3, 0.4) is 0 Å². The van der Waals surface area contributed by atoms with Crippen molar-refractivity contribution in [3.8, 4) is 0 Å². The van der Waals surface area contributed by atoms with E-state index in [0.717, 1.165) is 12.5 Å². The lowest BCUT2D eigenvalue weighted by molar-refractivity contribution is -0.131. The van der Waals surface area contributed by atoms with E-state index in [-0.39, 0.29) is 0 Å². The van der Waals surface area contributed by atoms with Crippen molar-refractivity contribution in [1.82, 2.24) is 15.1 Å². The van der Waals surface area contributed by atoms with Gasteiger partial charge in [-0.05, 0) is 38.6 Å². The van der Waals surface area contributed by atoms with E-state index in [1.165, 1.54) is 38.8 Å². The van der Waals surface area contributed by atoms with E-state index in [2.05, 4.69) is 22.0 Å². The number of amides is 1. The van der Waals surface area contributed by atoms with Gasteiger partial charge in [-0.1, -0.05) is 6.92 Å².